The largest absolute Gasteiger partial charge is 0.497 e. The molecule has 0 atom stereocenters. The van der Waals surface area contributed by atoms with Gasteiger partial charge in [-0.05, 0) is 29.7 Å². The minimum Gasteiger partial charge on any atom is -0.497 e. The number of carboxylic acid groups (broad SMARTS) is 1. The normalized spacial score (nSPS) is 11.0. The zero-order valence-electron chi connectivity index (χ0n) is 10.5. The molecular formula is C13H19NO3. The maximum Gasteiger partial charge on any atom is 0.303 e. The van der Waals surface area contributed by atoms with Gasteiger partial charge in [0.15, 0.2) is 0 Å². The summed E-state index contributed by atoms with van der Waals surface area (Å²) in [6, 6.07) is 7.56. The fraction of sp³-hybridized carbons (Fsp3) is 0.462. The van der Waals surface area contributed by atoms with Gasteiger partial charge < -0.3 is 15.2 Å². The Kier molecular flexibility index (Phi) is 4.37. The van der Waals surface area contributed by atoms with E-state index in [1.165, 1.54) is 0 Å². The molecule has 1 aromatic rings. The molecule has 0 radical (unpaired) electrons. The molecule has 4 nitrogen and oxygen atoms in total. The van der Waals surface area contributed by atoms with Gasteiger partial charge in [0.05, 0.1) is 13.5 Å². The molecule has 0 aliphatic carbocycles. The second-order valence-corrected chi connectivity index (χ2v) is 4.82. The maximum absolute atomic E-state index is 10.7. The zero-order chi connectivity index (χ0) is 12.9. The van der Waals surface area contributed by atoms with Gasteiger partial charge in [0.2, 0.25) is 0 Å². The minimum atomic E-state index is -0.772. The highest BCUT2D eigenvalue weighted by Crippen LogP contribution is 2.22. The van der Waals surface area contributed by atoms with Crippen molar-refractivity contribution in [2.24, 2.45) is 5.41 Å². The van der Waals surface area contributed by atoms with E-state index in [0.29, 0.717) is 6.54 Å². The summed E-state index contributed by atoms with van der Waals surface area (Å²) < 4.78 is 5.06. The quantitative estimate of drug-likeness (QED) is 0.798. The van der Waals surface area contributed by atoms with Gasteiger partial charge in [0, 0.05) is 12.2 Å². The summed E-state index contributed by atoms with van der Waals surface area (Å²) in [7, 11) is 1.62. The van der Waals surface area contributed by atoms with Crippen LogP contribution in [0.2, 0.25) is 0 Å². The van der Waals surface area contributed by atoms with E-state index in [0.717, 1.165) is 11.4 Å². The van der Waals surface area contributed by atoms with Crippen LogP contribution in [0, 0.1) is 5.41 Å². The molecule has 0 aliphatic heterocycles. The van der Waals surface area contributed by atoms with Crippen molar-refractivity contribution in [2.75, 3.05) is 19.0 Å². The Bertz CT molecular complexity index is 371. The first kappa shape index (κ1) is 13.4. The van der Waals surface area contributed by atoms with Gasteiger partial charge >= 0.3 is 5.97 Å². The molecule has 1 rings (SSSR count). The highest BCUT2D eigenvalue weighted by molar-refractivity contribution is 5.67. The molecule has 2 N–H and O–H groups in total. The van der Waals surface area contributed by atoms with Crippen LogP contribution >= 0.6 is 0 Å². The lowest BCUT2D eigenvalue weighted by molar-refractivity contribution is -0.139. The number of hydrogen-bond acceptors (Lipinski definition) is 3. The first-order valence-corrected chi connectivity index (χ1v) is 5.53. The van der Waals surface area contributed by atoms with Crippen molar-refractivity contribution < 1.29 is 14.6 Å². The number of benzene rings is 1. The van der Waals surface area contributed by atoms with Crippen molar-refractivity contribution in [1.82, 2.24) is 0 Å². The Morgan fingerprint density at radius 3 is 2.41 bits per heavy atom. The van der Waals surface area contributed by atoms with Gasteiger partial charge in [0.25, 0.3) is 0 Å². The smallest absolute Gasteiger partial charge is 0.303 e. The van der Waals surface area contributed by atoms with E-state index in [9.17, 15) is 4.79 Å². The van der Waals surface area contributed by atoms with Crippen molar-refractivity contribution in [3.05, 3.63) is 24.3 Å². The Morgan fingerprint density at radius 2 is 1.94 bits per heavy atom. The Balaban J connectivity index is 2.51. The summed E-state index contributed by atoms with van der Waals surface area (Å²) in [6.07, 6.45) is 0.149. The minimum absolute atomic E-state index is 0.149. The highest BCUT2D eigenvalue weighted by Gasteiger charge is 2.21. The summed E-state index contributed by atoms with van der Waals surface area (Å²) in [5, 5.41) is 12.0. The van der Waals surface area contributed by atoms with E-state index in [1.54, 1.807) is 7.11 Å². The van der Waals surface area contributed by atoms with Crippen LogP contribution < -0.4 is 10.1 Å². The average molecular weight is 237 g/mol. The zero-order valence-corrected chi connectivity index (χ0v) is 10.5. The Morgan fingerprint density at radius 1 is 1.35 bits per heavy atom. The molecule has 0 amide bonds. The molecule has 0 heterocycles. The number of ether oxygens (including phenoxy) is 1. The third kappa shape index (κ3) is 4.76. The van der Waals surface area contributed by atoms with Gasteiger partial charge in [0.1, 0.15) is 5.75 Å². The molecule has 94 valence electrons. The summed E-state index contributed by atoms with van der Waals surface area (Å²) >= 11 is 0. The number of nitrogens with one attached hydrogen (secondary N) is 1. The summed E-state index contributed by atoms with van der Waals surface area (Å²) in [5.74, 6) is 0.0341. The van der Waals surface area contributed by atoms with E-state index >= 15 is 0 Å². The fourth-order valence-corrected chi connectivity index (χ4v) is 1.52. The Labute approximate surface area is 102 Å². The molecule has 0 saturated heterocycles. The lowest BCUT2D eigenvalue weighted by Gasteiger charge is -2.23. The molecule has 17 heavy (non-hydrogen) atoms. The summed E-state index contributed by atoms with van der Waals surface area (Å²) in [6.45, 7) is 4.47. The van der Waals surface area contributed by atoms with E-state index in [4.69, 9.17) is 9.84 Å². The van der Waals surface area contributed by atoms with Crippen molar-refractivity contribution >= 4 is 11.7 Å². The molecule has 0 bridgehead atoms. The molecule has 0 saturated carbocycles. The first-order valence-electron chi connectivity index (χ1n) is 5.53. The number of rotatable bonds is 6. The molecule has 0 aliphatic rings. The topological polar surface area (TPSA) is 58.6 Å². The number of methoxy groups -OCH3 is 1. The predicted molar refractivity (Wildman–Crippen MR) is 67.5 cm³/mol. The lowest BCUT2D eigenvalue weighted by Crippen LogP contribution is -2.26. The van der Waals surface area contributed by atoms with Gasteiger partial charge in [-0.3, -0.25) is 4.79 Å². The van der Waals surface area contributed by atoms with Crippen LogP contribution in [0.4, 0.5) is 5.69 Å². The van der Waals surface area contributed by atoms with Crippen molar-refractivity contribution in [3.63, 3.8) is 0 Å². The first-order chi connectivity index (χ1) is 7.93. The summed E-state index contributed by atoms with van der Waals surface area (Å²) in [4.78, 5) is 10.7. The number of anilines is 1. The van der Waals surface area contributed by atoms with Crippen LogP contribution in [0.15, 0.2) is 24.3 Å². The Hall–Kier alpha value is -1.71. The van der Waals surface area contributed by atoms with E-state index in [1.807, 2.05) is 38.1 Å². The second kappa shape index (κ2) is 5.57. The number of carbonyl (C=O) groups is 1. The number of aliphatic carboxylic acids is 1. The van der Waals surface area contributed by atoms with Crippen LogP contribution in [-0.2, 0) is 4.79 Å². The highest BCUT2D eigenvalue weighted by atomic mass is 16.5. The molecule has 0 spiro atoms. The second-order valence-electron chi connectivity index (χ2n) is 4.82. The molecule has 0 aromatic heterocycles. The van der Waals surface area contributed by atoms with Gasteiger partial charge in [-0.2, -0.15) is 0 Å². The van der Waals surface area contributed by atoms with Crippen molar-refractivity contribution in [2.45, 2.75) is 20.3 Å². The SMILES string of the molecule is COc1ccc(NCC(C)(C)CC(=O)O)cc1. The van der Waals surface area contributed by atoms with Crippen LogP contribution in [0.25, 0.3) is 0 Å². The average Bonchev–Trinajstić information content (AvgIpc) is 2.25. The standard InChI is InChI=1S/C13H19NO3/c1-13(2,8-12(15)16)9-14-10-4-6-11(17-3)7-5-10/h4-7,14H,8-9H2,1-3H3,(H,15,16). The van der Waals surface area contributed by atoms with Gasteiger partial charge in [-0.1, -0.05) is 13.8 Å². The van der Waals surface area contributed by atoms with E-state index in [2.05, 4.69) is 5.32 Å². The number of hydrogen-bond donors (Lipinski definition) is 2. The molecule has 1 aromatic carbocycles. The molecule has 0 fully saturated rings. The van der Waals surface area contributed by atoms with Crippen molar-refractivity contribution in [1.29, 1.82) is 0 Å². The molecule has 4 heteroatoms. The van der Waals surface area contributed by atoms with Gasteiger partial charge in [-0.25, -0.2) is 0 Å². The van der Waals surface area contributed by atoms with E-state index in [-0.39, 0.29) is 11.8 Å². The van der Waals surface area contributed by atoms with E-state index < -0.39 is 5.97 Å². The van der Waals surface area contributed by atoms with Crippen LogP contribution in [-0.4, -0.2) is 24.7 Å². The van der Waals surface area contributed by atoms with Gasteiger partial charge in [-0.15, -0.1) is 0 Å². The fourth-order valence-electron chi connectivity index (χ4n) is 1.52. The third-order valence-electron chi connectivity index (χ3n) is 2.49. The number of carboxylic acids is 1. The van der Waals surface area contributed by atoms with Crippen LogP contribution in [0.5, 0.6) is 5.75 Å². The molecular weight excluding hydrogens is 218 g/mol. The van der Waals surface area contributed by atoms with Crippen LogP contribution in [0.3, 0.4) is 0 Å². The van der Waals surface area contributed by atoms with Crippen molar-refractivity contribution in [3.8, 4) is 5.75 Å². The third-order valence-corrected chi connectivity index (χ3v) is 2.49. The van der Waals surface area contributed by atoms with Crippen LogP contribution in [0.1, 0.15) is 20.3 Å². The maximum atomic E-state index is 10.7. The lowest BCUT2D eigenvalue weighted by atomic mass is 9.89. The summed E-state index contributed by atoms with van der Waals surface area (Å²) in [5.41, 5.74) is 0.690. The molecule has 0 unspecified atom stereocenters. The predicted octanol–water partition coefficient (Wildman–Crippen LogP) is 2.61. The monoisotopic (exact) mass is 237 g/mol.